The van der Waals surface area contributed by atoms with Crippen molar-refractivity contribution in [1.29, 1.82) is 0 Å². The van der Waals surface area contributed by atoms with Crippen molar-refractivity contribution in [2.75, 3.05) is 5.32 Å². The van der Waals surface area contributed by atoms with E-state index in [1.165, 1.54) is 0 Å². The number of aryl methyl sites for hydroxylation is 1. The molecule has 3 aromatic rings. The smallest absolute Gasteiger partial charge is 0.267 e. The molecule has 1 aromatic heterocycles. The number of benzene rings is 2. The number of H-pyrrole nitrogens is 1. The number of hydrogen-bond donors (Lipinski definition) is 2. The lowest BCUT2D eigenvalue weighted by Crippen LogP contribution is -2.23. The van der Waals surface area contributed by atoms with Gasteiger partial charge in [-0.25, -0.2) is 5.10 Å². The normalized spacial score (nSPS) is 13.0. The molecule has 0 bridgehead atoms. The number of aromatic nitrogens is 2. The zero-order valence-electron chi connectivity index (χ0n) is 16.4. The van der Waals surface area contributed by atoms with Gasteiger partial charge in [0.15, 0.2) is 0 Å². The van der Waals surface area contributed by atoms with E-state index < -0.39 is 0 Å². The Morgan fingerprint density at radius 1 is 0.966 bits per heavy atom. The van der Waals surface area contributed by atoms with E-state index in [4.69, 9.17) is 0 Å². The first-order valence-electron chi connectivity index (χ1n) is 10.2. The number of fused-ring (bicyclic) bond motifs is 1. The van der Waals surface area contributed by atoms with Gasteiger partial charge in [0.05, 0.1) is 5.69 Å². The van der Waals surface area contributed by atoms with Gasteiger partial charge in [0.25, 0.3) is 5.56 Å². The summed E-state index contributed by atoms with van der Waals surface area (Å²) in [5.74, 6) is 0.00514. The highest BCUT2D eigenvalue weighted by molar-refractivity contribution is 5.90. The highest BCUT2D eigenvalue weighted by Crippen LogP contribution is 2.23. The summed E-state index contributed by atoms with van der Waals surface area (Å²) < 4.78 is 0. The Hall–Kier alpha value is -3.21. The molecule has 2 aromatic carbocycles. The van der Waals surface area contributed by atoms with Crippen LogP contribution in [0.3, 0.4) is 0 Å². The standard InChI is InChI=1S/C24H25N3O2/c28-23(14-13-17-7-2-1-3-8-17)25-19-10-6-9-18(15-19)16-22-20-11-4-5-12-21(20)24(29)27-26-22/h1-3,6-10,15H,4-5,11-14,16H2,(H,25,28)(H,27,29). The van der Waals surface area contributed by atoms with Gasteiger partial charge in [-0.3, -0.25) is 9.59 Å². The maximum Gasteiger partial charge on any atom is 0.267 e. The van der Waals surface area contributed by atoms with Crippen LogP contribution in [0.1, 0.15) is 47.2 Å². The van der Waals surface area contributed by atoms with Crippen LogP contribution in [0.5, 0.6) is 0 Å². The minimum absolute atomic E-state index is 0.00514. The fraction of sp³-hybridized carbons (Fsp3) is 0.292. The lowest BCUT2D eigenvalue weighted by Gasteiger charge is -2.17. The number of rotatable bonds is 6. The predicted octanol–water partition coefficient (Wildman–Crippen LogP) is 3.81. The van der Waals surface area contributed by atoms with Gasteiger partial charge in [-0.2, -0.15) is 5.10 Å². The van der Waals surface area contributed by atoms with Gasteiger partial charge in [0.1, 0.15) is 0 Å². The molecular formula is C24H25N3O2. The largest absolute Gasteiger partial charge is 0.326 e. The Balaban J connectivity index is 1.43. The molecule has 0 fully saturated rings. The summed E-state index contributed by atoms with van der Waals surface area (Å²) in [4.78, 5) is 24.4. The maximum absolute atomic E-state index is 12.3. The van der Waals surface area contributed by atoms with Gasteiger partial charge in [-0.05, 0) is 60.9 Å². The molecule has 0 aliphatic heterocycles. The van der Waals surface area contributed by atoms with Crippen LogP contribution in [0.4, 0.5) is 5.69 Å². The SMILES string of the molecule is O=C(CCc1ccccc1)Nc1cccc(Cc2n[nH]c(=O)c3c2CCCC3)c1. The van der Waals surface area contributed by atoms with E-state index in [1.807, 2.05) is 54.6 Å². The third-order valence-corrected chi connectivity index (χ3v) is 5.45. The number of aromatic amines is 1. The van der Waals surface area contributed by atoms with E-state index in [0.717, 1.165) is 65.7 Å². The molecule has 0 unspecified atom stereocenters. The molecule has 4 rings (SSSR count). The number of anilines is 1. The summed E-state index contributed by atoms with van der Waals surface area (Å²) in [5, 5.41) is 9.96. The molecule has 2 N–H and O–H groups in total. The molecule has 5 nitrogen and oxygen atoms in total. The first-order valence-corrected chi connectivity index (χ1v) is 10.2. The molecule has 1 aliphatic rings. The molecule has 29 heavy (non-hydrogen) atoms. The quantitative estimate of drug-likeness (QED) is 0.675. The molecule has 0 atom stereocenters. The van der Waals surface area contributed by atoms with Crippen LogP contribution in [0.25, 0.3) is 0 Å². The fourth-order valence-corrected chi connectivity index (χ4v) is 3.95. The van der Waals surface area contributed by atoms with Gasteiger partial charge in [-0.1, -0.05) is 42.5 Å². The summed E-state index contributed by atoms with van der Waals surface area (Å²) in [6.07, 6.45) is 5.72. The minimum Gasteiger partial charge on any atom is -0.326 e. The van der Waals surface area contributed by atoms with Gasteiger partial charge in [0, 0.05) is 24.1 Å². The van der Waals surface area contributed by atoms with Crippen LogP contribution in [-0.2, 0) is 30.5 Å². The third kappa shape index (κ3) is 4.80. The molecule has 0 radical (unpaired) electrons. The maximum atomic E-state index is 12.3. The second kappa shape index (κ2) is 8.86. The van der Waals surface area contributed by atoms with Crippen molar-refractivity contribution in [3.63, 3.8) is 0 Å². The van der Waals surface area contributed by atoms with Crippen molar-refractivity contribution in [3.05, 3.63) is 92.9 Å². The molecule has 1 aliphatic carbocycles. The Bertz CT molecular complexity index is 1060. The molecular weight excluding hydrogens is 362 g/mol. The molecule has 0 spiro atoms. The number of hydrogen-bond acceptors (Lipinski definition) is 3. The second-order valence-electron chi connectivity index (χ2n) is 7.57. The van der Waals surface area contributed by atoms with Crippen molar-refractivity contribution in [3.8, 4) is 0 Å². The molecule has 5 heteroatoms. The van der Waals surface area contributed by atoms with Crippen molar-refractivity contribution in [2.24, 2.45) is 0 Å². The second-order valence-corrected chi connectivity index (χ2v) is 7.57. The molecule has 1 heterocycles. The van der Waals surface area contributed by atoms with Crippen molar-refractivity contribution in [2.45, 2.75) is 44.9 Å². The van der Waals surface area contributed by atoms with Gasteiger partial charge < -0.3 is 5.32 Å². The number of carbonyl (C=O) groups is 1. The summed E-state index contributed by atoms with van der Waals surface area (Å²) in [6, 6.07) is 17.9. The van der Waals surface area contributed by atoms with Crippen LogP contribution >= 0.6 is 0 Å². The third-order valence-electron chi connectivity index (χ3n) is 5.45. The van der Waals surface area contributed by atoms with E-state index in [0.29, 0.717) is 12.8 Å². The molecule has 148 valence electrons. The lowest BCUT2D eigenvalue weighted by molar-refractivity contribution is -0.116. The molecule has 1 amide bonds. The summed E-state index contributed by atoms with van der Waals surface area (Å²) in [6.45, 7) is 0. The van der Waals surface area contributed by atoms with E-state index in [1.54, 1.807) is 0 Å². The first kappa shape index (κ1) is 19.1. The van der Waals surface area contributed by atoms with Gasteiger partial charge in [0.2, 0.25) is 5.91 Å². The Morgan fingerprint density at radius 2 is 1.72 bits per heavy atom. The first-order chi connectivity index (χ1) is 14.2. The Morgan fingerprint density at radius 3 is 2.55 bits per heavy atom. The molecule has 0 saturated carbocycles. The highest BCUT2D eigenvalue weighted by atomic mass is 16.1. The van der Waals surface area contributed by atoms with Crippen LogP contribution in [0, 0.1) is 0 Å². The summed E-state index contributed by atoms with van der Waals surface area (Å²) in [7, 11) is 0. The Kier molecular flexibility index (Phi) is 5.84. The van der Waals surface area contributed by atoms with E-state index >= 15 is 0 Å². The number of nitrogens with zero attached hydrogens (tertiary/aromatic N) is 1. The Labute approximate surface area is 170 Å². The summed E-state index contributed by atoms with van der Waals surface area (Å²) >= 11 is 0. The van der Waals surface area contributed by atoms with Gasteiger partial charge in [-0.15, -0.1) is 0 Å². The zero-order chi connectivity index (χ0) is 20.1. The van der Waals surface area contributed by atoms with Crippen LogP contribution in [-0.4, -0.2) is 16.1 Å². The molecule has 0 saturated heterocycles. The van der Waals surface area contributed by atoms with Crippen LogP contribution in [0.2, 0.25) is 0 Å². The number of carbonyl (C=O) groups excluding carboxylic acids is 1. The average molecular weight is 387 g/mol. The predicted molar refractivity (Wildman–Crippen MR) is 114 cm³/mol. The number of nitrogens with one attached hydrogen (secondary N) is 2. The van der Waals surface area contributed by atoms with Crippen molar-refractivity contribution in [1.82, 2.24) is 10.2 Å². The van der Waals surface area contributed by atoms with Crippen molar-refractivity contribution >= 4 is 11.6 Å². The number of amides is 1. The monoisotopic (exact) mass is 387 g/mol. The summed E-state index contributed by atoms with van der Waals surface area (Å²) in [5.41, 5.74) is 5.90. The van der Waals surface area contributed by atoms with E-state index in [-0.39, 0.29) is 11.5 Å². The average Bonchev–Trinajstić information content (AvgIpc) is 2.75. The van der Waals surface area contributed by atoms with E-state index in [9.17, 15) is 9.59 Å². The van der Waals surface area contributed by atoms with Crippen LogP contribution < -0.4 is 10.9 Å². The minimum atomic E-state index is -0.0529. The zero-order valence-corrected chi connectivity index (χ0v) is 16.4. The lowest BCUT2D eigenvalue weighted by atomic mass is 9.90. The van der Waals surface area contributed by atoms with E-state index in [2.05, 4.69) is 15.5 Å². The highest BCUT2D eigenvalue weighted by Gasteiger charge is 2.18. The van der Waals surface area contributed by atoms with Crippen LogP contribution in [0.15, 0.2) is 59.4 Å². The fourth-order valence-electron chi connectivity index (χ4n) is 3.95. The van der Waals surface area contributed by atoms with Crippen molar-refractivity contribution < 1.29 is 4.79 Å². The topological polar surface area (TPSA) is 74.8 Å². The van der Waals surface area contributed by atoms with Gasteiger partial charge >= 0.3 is 0 Å².